The summed E-state index contributed by atoms with van der Waals surface area (Å²) in [7, 11) is 1.57. The molecule has 322 valence electrons. The summed E-state index contributed by atoms with van der Waals surface area (Å²) in [6.07, 6.45) is 0.860. The largest absolute Gasteiger partial charge is 0.480 e. The summed E-state index contributed by atoms with van der Waals surface area (Å²) in [5.74, 6) is -6.08. The fraction of sp³-hybridized carbons (Fsp3) is 0.600. The van der Waals surface area contributed by atoms with Gasteiger partial charge in [-0.2, -0.15) is 0 Å². The van der Waals surface area contributed by atoms with Crippen molar-refractivity contribution in [1.29, 1.82) is 0 Å². The van der Waals surface area contributed by atoms with Crippen LogP contribution in [-0.2, 0) is 43.8 Å². The van der Waals surface area contributed by atoms with Gasteiger partial charge in [0, 0.05) is 49.7 Å². The third kappa shape index (κ3) is 13.7. The molecule has 1 aliphatic rings. The number of nitrogens with zero attached hydrogens (tertiary/aromatic N) is 2. The first-order valence-electron chi connectivity index (χ1n) is 19.1. The van der Waals surface area contributed by atoms with E-state index < -0.39 is 93.7 Å². The van der Waals surface area contributed by atoms with Gasteiger partial charge in [-0.1, -0.05) is 84.9 Å². The van der Waals surface area contributed by atoms with Crippen LogP contribution < -0.4 is 27.4 Å². The molecule has 6 atom stereocenters. The zero-order valence-corrected chi connectivity index (χ0v) is 35.7. The van der Waals surface area contributed by atoms with E-state index in [4.69, 9.17) is 16.6 Å². The smallest absolute Gasteiger partial charge is 0.326 e. The number of amides is 6. The van der Waals surface area contributed by atoms with Crippen molar-refractivity contribution in [3.05, 3.63) is 47.5 Å². The lowest BCUT2D eigenvalue weighted by atomic mass is 9.77. The number of nitrogens with two attached hydrogens (primary N) is 2. The van der Waals surface area contributed by atoms with Crippen LogP contribution in [-0.4, -0.2) is 129 Å². The van der Waals surface area contributed by atoms with Crippen LogP contribution in [0.1, 0.15) is 80.2 Å². The lowest BCUT2D eigenvalue weighted by Gasteiger charge is -2.39. The quantitative estimate of drug-likeness (QED) is 0.0674. The van der Waals surface area contributed by atoms with Crippen LogP contribution in [0.4, 0.5) is 0 Å². The second kappa shape index (κ2) is 21.3. The Morgan fingerprint density at radius 2 is 1.59 bits per heavy atom. The van der Waals surface area contributed by atoms with E-state index in [9.17, 15) is 43.5 Å². The second-order valence-electron chi connectivity index (χ2n) is 16.5. The van der Waals surface area contributed by atoms with E-state index in [-0.39, 0.29) is 49.6 Å². The van der Waals surface area contributed by atoms with E-state index in [1.54, 1.807) is 13.1 Å². The molecule has 2 rings (SSSR count). The summed E-state index contributed by atoms with van der Waals surface area (Å²) in [4.78, 5) is 104. The number of carboxylic acid groups (broad SMARTS) is 2. The fourth-order valence-electron chi connectivity index (χ4n) is 6.20. The summed E-state index contributed by atoms with van der Waals surface area (Å²) in [5.41, 5.74) is 11.5. The average molecular weight is 832 g/mol. The Labute approximate surface area is 344 Å². The predicted molar refractivity (Wildman–Crippen MR) is 219 cm³/mol. The monoisotopic (exact) mass is 831 g/mol. The van der Waals surface area contributed by atoms with Gasteiger partial charge in [0.15, 0.2) is 0 Å². The maximum atomic E-state index is 14.1. The van der Waals surface area contributed by atoms with Crippen molar-refractivity contribution in [1.82, 2.24) is 25.8 Å². The van der Waals surface area contributed by atoms with Crippen molar-refractivity contribution in [2.45, 2.75) is 116 Å². The highest BCUT2D eigenvalue weighted by Crippen LogP contribution is 2.29. The molecule has 18 heteroatoms. The molecule has 1 saturated heterocycles. The number of imide groups is 1. The molecule has 9 N–H and O–H groups in total. The Kier molecular flexibility index (Phi) is 18.1. The van der Waals surface area contributed by atoms with Crippen molar-refractivity contribution in [3.63, 3.8) is 0 Å². The van der Waals surface area contributed by atoms with Gasteiger partial charge in [0.1, 0.15) is 18.1 Å². The van der Waals surface area contributed by atoms with Crippen molar-refractivity contribution in [2.75, 3.05) is 25.9 Å². The molecule has 0 radical (unpaired) electrons. The summed E-state index contributed by atoms with van der Waals surface area (Å²) in [5, 5.41) is 25.9. The number of likely N-dealkylation sites (tertiary alicyclic amines) is 1. The van der Waals surface area contributed by atoms with E-state index in [2.05, 4.69) is 16.0 Å². The van der Waals surface area contributed by atoms with Gasteiger partial charge < -0.3 is 42.5 Å². The summed E-state index contributed by atoms with van der Waals surface area (Å²) in [6, 6.07) is 4.11. The van der Waals surface area contributed by atoms with Crippen LogP contribution >= 0.6 is 11.8 Å². The highest BCUT2D eigenvalue weighted by atomic mass is 32.2. The molecule has 1 unspecified atom stereocenters. The first-order chi connectivity index (χ1) is 26.8. The van der Waals surface area contributed by atoms with Gasteiger partial charge in [-0.25, -0.2) is 4.79 Å². The number of thioether (sulfide) groups is 1. The number of likely N-dealkylation sites (N-methyl/N-ethyl adjacent to an activating group) is 1. The minimum atomic E-state index is -1.44. The Hall–Kier alpha value is -4.81. The Morgan fingerprint density at radius 3 is 2.12 bits per heavy atom. The predicted octanol–water partition coefficient (Wildman–Crippen LogP) is 0.990. The molecule has 0 aromatic heterocycles. The highest BCUT2D eigenvalue weighted by molar-refractivity contribution is 8.00. The van der Waals surface area contributed by atoms with Crippen LogP contribution in [0.2, 0.25) is 0 Å². The molecule has 1 heterocycles. The fourth-order valence-corrected chi connectivity index (χ4v) is 7.31. The molecule has 0 aliphatic carbocycles. The van der Waals surface area contributed by atoms with Crippen molar-refractivity contribution >= 4 is 59.1 Å². The van der Waals surface area contributed by atoms with Crippen LogP contribution in [0, 0.1) is 11.3 Å². The lowest BCUT2D eigenvalue weighted by molar-refractivity contribution is -0.142. The normalized spacial score (nSPS) is 17.6. The third-order valence-corrected chi connectivity index (χ3v) is 11.5. The summed E-state index contributed by atoms with van der Waals surface area (Å²) < 4.78 is 0. The summed E-state index contributed by atoms with van der Waals surface area (Å²) in [6.45, 7) is 14.1. The van der Waals surface area contributed by atoms with Crippen LogP contribution in [0.3, 0.4) is 0 Å². The van der Waals surface area contributed by atoms with E-state index in [0.717, 1.165) is 22.2 Å². The topological polar surface area (TPSA) is 272 Å². The van der Waals surface area contributed by atoms with E-state index in [1.807, 2.05) is 78.8 Å². The first-order valence-corrected chi connectivity index (χ1v) is 20.2. The summed E-state index contributed by atoms with van der Waals surface area (Å²) >= 11 is 0.974. The maximum Gasteiger partial charge on any atom is 0.326 e. The van der Waals surface area contributed by atoms with Gasteiger partial charge in [-0.3, -0.25) is 38.5 Å². The van der Waals surface area contributed by atoms with Gasteiger partial charge in [-0.15, -0.1) is 11.8 Å². The minimum Gasteiger partial charge on any atom is -0.480 e. The standard InChI is InChI=1S/C40H61N7O10S/c1-22(2)27(46(9)36(53)32(39(4,5)6)45-34(51)31(42)40(7,8)24-13-11-10-12-14-24)19-23(3)33(50)44-26(38(56)57)15-16-29(48)43-17-18-47-30(49)20-28(35(47)52)58-21-25(41)37(54)55/h10-14,19,22,25-28,31-32H,15-18,20-21,41-42H2,1-9H3,(H,43,48)(H,44,50)(H,45,51)(H,54,55)(H,56,57)/b23-19+/t25-,26+,27+,28?,31+,32+/m0/s1. The van der Waals surface area contributed by atoms with Gasteiger partial charge >= 0.3 is 11.9 Å². The molecular formula is C40H61N7O10S. The molecule has 1 fully saturated rings. The van der Waals surface area contributed by atoms with E-state index in [0.29, 0.717) is 0 Å². The average Bonchev–Trinajstić information content (AvgIpc) is 3.42. The molecule has 1 aromatic rings. The maximum absolute atomic E-state index is 14.1. The van der Waals surface area contributed by atoms with Crippen molar-refractivity contribution in [2.24, 2.45) is 22.8 Å². The Bertz CT molecular complexity index is 1710. The zero-order chi connectivity index (χ0) is 44.3. The number of nitrogens with one attached hydrogen (secondary N) is 3. The molecule has 1 aromatic carbocycles. The van der Waals surface area contributed by atoms with Gasteiger partial charge in [-0.05, 0) is 30.2 Å². The molecule has 0 spiro atoms. The number of carboxylic acids is 2. The van der Waals surface area contributed by atoms with Crippen molar-refractivity contribution in [3.8, 4) is 0 Å². The Morgan fingerprint density at radius 1 is 0.983 bits per heavy atom. The zero-order valence-electron chi connectivity index (χ0n) is 34.9. The number of benzene rings is 1. The number of rotatable bonds is 21. The molecule has 58 heavy (non-hydrogen) atoms. The second-order valence-corrected chi connectivity index (χ2v) is 17.7. The molecule has 0 saturated carbocycles. The Balaban J connectivity index is 2.04. The van der Waals surface area contributed by atoms with Gasteiger partial charge in [0.2, 0.25) is 35.4 Å². The van der Waals surface area contributed by atoms with Crippen LogP contribution in [0.5, 0.6) is 0 Å². The minimum absolute atomic E-state index is 0.0566. The molecule has 1 aliphatic heterocycles. The first kappa shape index (κ1) is 49.3. The molecular weight excluding hydrogens is 771 g/mol. The van der Waals surface area contributed by atoms with Crippen molar-refractivity contribution < 1.29 is 48.6 Å². The SMILES string of the molecule is C/C(=C\[C@H](C(C)C)N(C)C(=O)[C@@H](NC(=O)[C@@H](N)C(C)(C)c1ccccc1)C(C)(C)C)C(=O)N[C@H](CCC(=O)NCCN1C(=O)CC(SC[C@H](N)C(=O)O)C1=O)C(=O)O. The molecule has 6 amide bonds. The van der Waals surface area contributed by atoms with E-state index >= 15 is 0 Å². The number of aliphatic carboxylic acids is 2. The number of hydrogen-bond donors (Lipinski definition) is 7. The molecule has 17 nitrogen and oxygen atoms in total. The molecule has 0 bridgehead atoms. The number of hydrogen-bond acceptors (Lipinski definition) is 11. The van der Waals surface area contributed by atoms with Gasteiger partial charge in [0.05, 0.1) is 17.3 Å². The van der Waals surface area contributed by atoms with Gasteiger partial charge in [0.25, 0.3) is 0 Å². The number of carbonyl (C=O) groups excluding carboxylic acids is 6. The number of carbonyl (C=O) groups is 8. The van der Waals surface area contributed by atoms with Crippen LogP contribution in [0.25, 0.3) is 0 Å². The highest BCUT2D eigenvalue weighted by Gasteiger charge is 2.41. The van der Waals surface area contributed by atoms with E-state index in [1.165, 1.54) is 11.8 Å². The van der Waals surface area contributed by atoms with Crippen LogP contribution in [0.15, 0.2) is 42.0 Å². The third-order valence-electron chi connectivity index (χ3n) is 10.2. The lowest BCUT2D eigenvalue weighted by Crippen LogP contribution is -2.61.